The Morgan fingerprint density at radius 3 is 2.71 bits per heavy atom. The standard InChI is InChI=1S/C22H22N4O3.C2H6/c1-14(2)11-16-13-17(24-21-9-10-23-26(16)21)19(27)6-4-5-15-7-8-20-18(12-15)25(3)22(28)29-20;1-2/h7-10,12-13H,1,4-6,11H2,2-3H3;1-2H3. The van der Waals surface area contributed by atoms with E-state index in [9.17, 15) is 9.59 Å². The summed E-state index contributed by atoms with van der Waals surface area (Å²) >= 11 is 0. The number of fused-ring (bicyclic) bond motifs is 2. The second-order valence-electron chi connectivity index (χ2n) is 7.37. The van der Waals surface area contributed by atoms with Crippen LogP contribution in [0.5, 0.6) is 0 Å². The van der Waals surface area contributed by atoms with E-state index in [1.807, 2.05) is 39.0 Å². The zero-order valence-corrected chi connectivity index (χ0v) is 18.5. The normalized spacial score (nSPS) is 10.8. The topological polar surface area (TPSA) is 82.4 Å². The van der Waals surface area contributed by atoms with Gasteiger partial charge in [-0.2, -0.15) is 5.10 Å². The molecule has 4 rings (SSSR count). The van der Waals surface area contributed by atoms with Gasteiger partial charge in [0.05, 0.1) is 17.4 Å². The smallest absolute Gasteiger partial charge is 0.408 e. The number of ketones is 1. The van der Waals surface area contributed by atoms with E-state index in [0.29, 0.717) is 36.2 Å². The molecule has 0 saturated heterocycles. The molecule has 3 heterocycles. The van der Waals surface area contributed by atoms with Crippen LogP contribution in [0.1, 0.15) is 55.4 Å². The summed E-state index contributed by atoms with van der Waals surface area (Å²) in [5, 5.41) is 4.28. The molecule has 0 aliphatic heterocycles. The van der Waals surface area contributed by atoms with Crippen molar-refractivity contribution in [1.82, 2.24) is 19.2 Å². The first kappa shape index (κ1) is 22.2. The number of carbonyl (C=O) groups excluding carboxylic acids is 1. The second-order valence-corrected chi connectivity index (χ2v) is 7.37. The molecule has 0 aliphatic carbocycles. The van der Waals surface area contributed by atoms with Gasteiger partial charge in [0.1, 0.15) is 5.69 Å². The van der Waals surface area contributed by atoms with E-state index < -0.39 is 0 Å². The van der Waals surface area contributed by atoms with Crippen LogP contribution in [0.4, 0.5) is 0 Å². The maximum Gasteiger partial charge on any atom is 0.419 e. The van der Waals surface area contributed by atoms with Gasteiger partial charge in [-0.15, -0.1) is 0 Å². The number of allylic oxidation sites excluding steroid dienone is 1. The molecule has 0 fully saturated rings. The molecule has 0 aliphatic rings. The van der Waals surface area contributed by atoms with Crippen molar-refractivity contribution in [1.29, 1.82) is 0 Å². The molecule has 0 spiro atoms. The number of Topliss-reactive ketones (excluding diaryl/α,β-unsaturated/α-hetero) is 1. The number of aryl methyl sites for hydroxylation is 2. The quantitative estimate of drug-likeness (QED) is 0.324. The summed E-state index contributed by atoms with van der Waals surface area (Å²) in [7, 11) is 1.68. The number of hydrogen-bond acceptors (Lipinski definition) is 5. The molecule has 0 bridgehead atoms. The highest BCUT2D eigenvalue weighted by atomic mass is 16.4. The fourth-order valence-corrected chi connectivity index (χ4v) is 3.46. The van der Waals surface area contributed by atoms with Crippen LogP contribution in [-0.2, 0) is 19.9 Å². The first-order valence-electron chi connectivity index (χ1n) is 10.5. The highest BCUT2D eigenvalue weighted by Gasteiger charge is 2.13. The minimum absolute atomic E-state index is 0.00783. The van der Waals surface area contributed by atoms with Crippen LogP contribution in [0.2, 0.25) is 0 Å². The van der Waals surface area contributed by atoms with Crippen molar-refractivity contribution < 1.29 is 9.21 Å². The molecule has 0 saturated carbocycles. The Kier molecular flexibility index (Phi) is 6.84. The largest absolute Gasteiger partial charge is 0.419 e. The van der Waals surface area contributed by atoms with Crippen LogP contribution in [0.15, 0.2) is 57.9 Å². The molecule has 7 nitrogen and oxygen atoms in total. The highest BCUT2D eigenvalue weighted by molar-refractivity contribution is 5.94. The summed E-state index contributed by atoms with van der Waals surface area (Å²) in [6, 6.07) is 9.27. The van der Waals surface area contributed by atoms with E-state index in [1.165, 1.54) is 4.57 Å². The second kappa shape index (κ2) is 9.55. The van der Waals surface area contributed by atoms with Crippen molar-refractivity contribution in [2.75, 3.05) is 0 Å². The number of oxazole rings is 1. The molecule has 0 radical (unpaired) electrons. The third-order valence-corrected chi connectivity index (χ3v) is 4.93. The van der Waals surface area contributed by atoms with Crippen LogP contribution >= 0.6 is 0 Å². The van der Waals surface area contributed by atoms with Gasteiger partial charge in [-0.05, 0) is 43.5 Å². The molecule has 4 aromatic rings. The number of benzene rings is 1. The molecule has 0 N–H and O–H groups in total. The van der Waals surface area contributed by atoms with E-state index in [-0.39, 0.29) is 11.5 Å². The highest BCUT2D eigenvalue weighted by Crippen LogP contribution is 2.17. The van der Waals surface area contributed by atoms with E-state index >= 15 is 0 Å². The van der Waals surface area contributed by atoms with Gasteiger partial charge in [0, 0.05) is 26.0 Å². The Bertz CT molecular complexity index is 1290. The van der Waals surface area contributed by atoms with Crippen LogP contribution in [0.3, 0.4) is 0 Å². The summed E-state index contributed by atoms with van der Waals surface area (Å²) in [6.07, 6.45) is 4.14. The maximum absolute atomic E-state index is 12.7. The van der Waals surface area contributed by atoms with Crippen molar-refractivity contribution in [3.63, 3.8) is 0 Å². The van der Waals surface area contributed by atoms with Crippen molar-refractivity contribution in [3.8, 4) is 0 Å². The first-order chi connectivity index (χ1) is 14.9. The van der Waals surface area contributed by atoms with Crippen molar-refractivity contribution in [3.05, 3.63) is 76.2 Å². The Labute approximate surface area is 181 Å². The van der Waals surface area contributed by atoms with Crippen LogP contribution in [0.25, 0.3) is 16.7 Å². The number of rotatable bonds is 7. The van der Waals surface area contributed by atoms with E-state index in [1.54, 1.807) is 29.9 Å². The summed E-state index contributed by atoms with van der Waals surface area (Å²) in [6.45, 7) is 9.90. The Morgan fingerprint density at radius 1 is 1.19 bits per heavy atom. The number of hydrogen-bond donors (Lipinski definition) is 0. The fraction of sp³-hybridized carbons (Fsp3) is 0.333. The molecule has 7 heteroatoms. The number of carbonyl (C=O) groups is 1. The molecule has 0 atom stereocenters. The summed E-state index contributed by atoms with van der Waals surface area (Å²) in [5.41, 5.74) is 5.42. The SMILES string of the molecule is C=C(C)Cc1cc(C(=O)CCCc2ccc3oc(=O)n(C)c3c2)nc2ccnn12.CC. The lowest BCUT2D eigenvalue weighted by Gasteiger charge is -2.08. The van der Waals surface area contributed by atoms with Gasteiger partial charge in [-0.1, -0.05) is 32.1 Å². The van der Waals surface area contributed by atoms with Gasteiger partial charge in [0.25, 0.3) is 0 Å². The molecular formula is C24H28N4O3. The molecule has 162 valence electrons. The predicted molar refractivity (Wildman–Crippen MR) is 122 cm³/mol. The van der Waals surface area contributed by atoms with Gasteiger partial charge in [-0.25, -0.2) is 14.3 Å². The van der Waals surface area contributed by atoms with E-state index in [0.717, 1.165) is 28.8 Å². The van der Waals surface area contributed by atoms with Crippen molar-refractivity contribution in [2.24, 2.45) is 7.05 Å². The zero-order valence-electron chi connectivity index (χ0n) is 18.5. The molecule has 31 heavy (non-hydrogen) atoms. The van der Waals surface area contributed by atoms with E-state index in [4.69, 9.17) is 4.42 Å². The van der Waals surface area contributed by atoms with Gasteiger partial charge in [-0.3, -0.25) is 9.36 Å². The monoisotopic (exact) mass is 420 g/mol. The third kappa shape index (κ3) is 4.82. The lowest BCUT2D eigenvalue weighted by Crippen LogP contribution is -2.09. The van der Waals surface area contributed by atoms with E-state index in [2.05, 4.69) is 16.7 Å². The molecular weight excluding hydrogens is 392 g/mol. The van der Waals surface area contributed by atoms with Gasteiger partial charge in [0.15, 0.2) is 17.0 Å². The lowest BCUT2D eigenvalue weighted by molar-refractivity contribution is 0.0975. The Morgan fingerprint density at radius 2 is 1.97 bits per heavy atom. The van der Waals surface area contributed by atoms with Crippen LogP contribution in [0, 0.1) is 0 Å². The minimum atomic E-state index is -0.376. The van der Waals surface area contributed by atoms with Crippen molar-refractivity contribution >= 4 is 22.5 Å². The molecule has 0 amide bonds. The van der Waals surface area contributed by atoms with Crippen LogP contribution in [-0.4, -0.2) is 24.9 Å². The predicted octanol–water partition coefficient (Wildman–Crippen LogP) is 4.52. The molecule has 0 unspecified atom stereocenters. The molecule has 3 aromatic heterocycles. The lowest BCUT2D eigenvalue weighted by atomic mass is 10.0. The molecule has 1 aromatic carbocycles. The Balaban J connectivity index is 0.00000132. The number of nitrogens with zero attached hydrogens (tertiary/aromatic N) is 4. The maximum atomic E-state index is 12.7. The first-order valence-corrected chi connectivity index (χ1v) is 10.5. The number of aromatic nitrogens is 4. The Hall–Kier alpha value is -3.48. The van der Waals surface area contributed by atoms with Crippen molar-refractivity contribution in [2.45, 2.75) is 46.5 Å². The van der Waals surface area contributed by atoms with Gasteiger partial charge < -0.3 is 4.42 Å². The summed E-state index contributed by atoms with van der Waals surface area (Å²) in [5.74, 6) is -0.368. The van der Waals surface area contributed by atoms with Crippen LogP contribution < -0.4 is 5.76 Å². The fourth-order valence-electron chi connectivity index (χ4n) is 3.46. The third-order valence-electron chi connectivity index (χ3n) is 4.93. The minimum Gasteiger partial charge on any atom is -0.408 e. The average molecular weight is 421 g/mol. The summed E-state index contributed by atoms with van der Waals surface area (Å²) < 4.78 is 8.38. The van der Waals surface area contributed by atoms with Gasteiger partial charge >= 0.3 is 5.76 Å². The summed E-state index contributed by atoms with van der Waals surface area (Å²) in [4.78, 5) is 28.8. The zero-order chi connectivity index (χ0) is 22.5. The average Bonchev–Trinajstić information content (AvgIpc) is 3.34. The van der Waals surface area contributed by atoms with Gasteiger partial charge in [0.2, 0.25) is 0 Å².